The first kappa shape index (κ1) is 20.9. The SMILES string of the molecule is C=C(C)C(F)(F)Oc1ccc(C(N)=O)cc1Nc1nc(-c2sc(C)nc2C)cs1. The van der Waals surface area contributed by atoms with Gasteiger partial charge in [0.25, 0.3) is 0 Å². The molecular weight excluding hydrogens is 418 g/mol. The number of halogens is 2. The third-order valence-corrected chi connectivity index (χ3v) is 5.73. The Hall–Kier alpha value is -2.85. The molecule has 152 valence electrons. The van der Waals surface area contributed by atoms with E-state index in [0.29, 0.717) is 5.13 Å². The van der Waals surface area contributed by atoms with Crippen molar-refractivity contribution in [2.45, 2.75) is 26.9 Å². The van der Waals surface area contributed by atoms with Gasteiger partial charge in [0.15, 0.2) is 5.13 Å². The standard InChI is InChI=1S/C19H18F2N4O2S2/c1-9(2)19(20,21)27-15-6-5-12(17(22)26)7-13(15)24-18-25-14(8-28-18)16-10(3)23-11(4)29-16/h5-8H,1H2,2-4H3,(H2,22,26)(H,24,25). The molecule has 0 saturated heterocycles. The van der Waals surface area contributed by atoms with Crippen molar-refractivity contribution in [3.63, 3.8) is 0 Å². The Morgan fingerprint density at radius 3 is 2.62 bits per heavy atom. The lowest BCUT2D eigenvalue weighted by molar-refractivity contribution is -0.141. The molecule has 0 saturated carbocycles. The molecule has 0 spiro atoms. The van der Waals surface area contributed by atoms with Crippen molar-refractivity contribution < 1.29 is 18.3 Å². The van der Waals surface area contributed by atoms with Gasteiger partial charge in [-0.25, -0.2) is 9.97 Å². The maximum absolute atomic E-state index is 14.0. The number of aryl methyl sites for hydroxylation is 2. The minimum absolute atomic E-state index is 0.139. The van der Waals surface area contributed by atoms with E-state index in [1.807, 2.05) is 19.2 Å². The fraction of sp³-hybridized carbons (Fsp3) is 0.211. The molecule has 0 aliphatic heterocycles. The Kier molecular flexibility index (Phi) is 5.67. The van der Waals surface area contributed by atoms with Gasteiger partial charge in [0, 0.05) is 16.5 Å². The number of primary amides is 1. The van der Waals surface area contributed by atoms with Gasteiger partial charge in [-0.05, 0) is 39.0 Å². The lowest BCUT2D eigenvalue weighted by Gasteiger charge is -2.20. The van der Waals surface area contributed by atoms with Gasteiger partial charge in [0.1, 0.15) is 5.75 Å². The number of benzene rings is 1. The van der Waals surface area contributed by atoms with Gasteiger partial charge in [-0.15, -0.1) is 22.7 Å². The number of aromatic nitrogens is 2. The maximum atomic E-state index is 14.0. The minimum atomic E-state index is -3.57. The summed E-state index contributed by atoms with van der Waals surface area (Å²) >= 11 is 2.80. The molecule has 3 rings (SSSR count). The molecule has 0 bridgehead atoms. The summed E-state index contributed by atoms with van der Waals surface area (Å²) in [5, 5.41) is 6.14. The lowest BCUT2D eigenvalue weighted by Crippen LogP contribution is -2.26. The Bertz CT molecular complexity index is 1090. The van der Waals surface area contributed by atoms with E-state index in [-0.39, 0.29) is 17.0 Å². The number of nitrogens with one attached hydrogen (secondary N) is 1. The van der Waals surface area contributed by atoms with E-state index in [2.05, 4.69) is 21.9 Å². The predicted octanol–water partition coefficient (Wildman–Crippen LogP) is 5.27. The molecule has 3 N–H and O–H groups in total. The monoisotopic (exact) mass is 436 g/mol. The molecular formula is C19H18F2N4O2S2. The van der Waals surface area contributed by atoms with Gasteiger partial charge in [0.2, 0.25) is 5.91 Å². The van der Waals surface area contributed by atoms with Crippen LogP contribution in [0.2, 0.25) is 0 Å². The average molecular weight is 437 g/mol. The summed E-state index contributed by atoms with van der Waals surface area (Å²) in [6.07, 6.45) is -3.57. The second kappa shape index (κ2) is 7.88. The van der Waals surface area contributed by atoms with E-state index in [9.17, 15) is 13.6 Å². The molecule has 6 nitrogen and oxygen atoms in total. The second-order valence-electron chi connectivity index (χ2n) is 6.28. The summed E-state index contributed by atoms with van der Waals surface area (Å²) in [5.41, 5.74) is 6.73. The van der Waals surface area contributed by atoms with Crippen LogP contribution >= 0.6 is 22.7 Å². The first-order valence-electron chi connectivity index (χ1n) is 8.40. The van der Waals surface area contributed by atoms with Crippen molar-refractivity contribution in [3.05, 3.63) is 52.0 Å². The highest BCUT2D eigenvalue weighted by Crippen LogP contribution is 2.37. The first-order chi connectivity index (χ1) is 13.6. The zero-order valence-electron chi connectivity index (χ0n) is 15.9. The van der Waals surface area contributed by atoms with Crippen molar-refractivity contribution in [2.75, 3.05) is 5.32 Å². The molecule has 0 aliphatic carbocycles. The molecule has 0 aliphatic rings. The highest BCUT2D eigenvalue weighted by atomic mass is 32.1. The molecule has 1 aromatic carbocycles. The van der Waals surface area contributed by atoms with Crippen LogP contribution in [-0.2, 0) is 0 Å². The lowest BCUT2D eigenvalue weighted by atomic mass is 10.1. The molecule has 0 atom stereocenters. The van der Waals surface area contributed by atoms with E-state index in [4.69, 9.17) is 10.5 Å². The van der Waals surface area contributed by atoms with Gasteiger partial charge in [-0.2, -0.15) is 8.78 Å². The van der Waals surface area contributed by atoms with Gasteiger partial charge in [-0.3, -0.25) is 4.79 Å². The van der Waals surface area contributed by atoms with E-state index in [0.717, 1.165) is 28.2 Å². The quantitative estimate of drug-likeness (QED) is 0.492. The third-order valence-electron chi connectivity index (χ3n) is 3.88. The maximum Gasteiger partial charge on any atom is 0.422 e. The fourth-order valence-corrected chi connectivity index (χ4v) is 4.08. The van der Waals surface area contributed by atoms with Crippen LogP contribution in [0.25, 0.3) is 10.6 Å². The van der Waals surface area contributed by atoms with Gasteiger partial charge < -0.3 is 15.8 Å². The topological polar surface area (TPSA) is 90.1 Å². The smallest absolute Gasteiger partial charge is 0.422 e. The summed E-state index contributed by atoms with van der Waals surface area (Å²) < 4.78 is 32.9. The van der Waals surface area contributed by atoms with Crippen molar-refractivity contribution in [3.8, 4) is 16.3 Å². The Labute approximate surface area is 174 Å². The summed E-state index contributed by atoms with van der Waals surface area (Å²) in [5.74, 6) is -0.855. The van der Waals surface area contributed by atoms with E-state index < -0.39 is 17.6 Å². The molecule has 0 unspecified atom stereocenters. The average Bonchev–Trinajstić information content (AvgIpc) is 3.21. The third kappa shape index (κ3) is 4.60. The summed E-state index contributed by atoms with van der Waals surface area (Å²) in [6, 6.07) is 3.91. The number of anilines is 2. The molecule has 29 heavy (non-hydrogen) atoms. The normalized spacial score (nSPS) is 11.3. The number of rotatable bonds is 7. The van der Waals surface area contributed by atoms with Gasteiger partial charge in [0.05, 0.1) is 27.0 Å². The molecule has 2 aromatic heterocycles. The highest BCUT2D eigenvalue weighted by molar-refractivity contribution is 7.16. The largest absolute Gasteiger partial charge is 0.427 e. The van der Waals surface area contributed by atoms with Crippen LogP contribution in [0.3, 0.4) is 0 Å². The molecule has 0 radical (unpaired) electrons. The second-order valence-corrected chi connectivity index (χ2v) is 8.35. The molecule has 0 fully saturated rings. The van der Waals surface area contributed by atoms with Crippen LogP contribution in [-0.4, -0.2) is 22.0 Å². The van der Waals surface area contributed by atoms with Crippen molar-refractivity contribution >= 4 is 39.4 Å². The number of ether oxygens (including phenoxy) is 1. The summed E-state index contributed by atoms with van der Waals surface area (Å²) in [7, 11) is 0. The Balaban J connectivity index is 1.95. The minimum Gasteiger partial charge on any atom is -0.427 e. The molecule has 10 heteroatoms. The number of nitrogens with two attached hydrogens (primary N) is 1. The number of thiazole rings is 2. The van der Waals surface area contributed by atoms with Gasteiger partial charge >= 0.3 is 6.11 Å². The van der Waals surface area contributed by atoms with E-state index in [1.165, 1.54) is 40.9 Å². The van der Waals surface area contributed by atoms with Crippen LogP contribution in [0.5, 0.6) is 5.75 Å². The Morgan fingerprint density at radius 2 is 2.03 bits per heavy atom. The van der Waals surface area contributed by atoms with Crippen LogP contribution in [0.4, 0.5) is 19.6 Å². The van der Waals surface area contributed by atoms with E-state index in [1.54, 1.807) is 0 Å². The Morgan fingerprint density at radius 1 is 1.31 bits per heavy atom. The van der Waals surface area contributed by atoms with Crippen molar-refractivity contribution in [1.29, 1.82) is 0 Å². The number of alkyl halides is 2. The number of carbonyl (C=O) groups excluding carboxylic acids is 1. The molecule has 2 heterocycles. The number of amides is 1. The number of carbonyl (C=O) groups is 1. The molecule has 1 amide bonds. The van der Waals surface area contributed by atoms with Crippen LogP contribution in [0.15, 0.2) is 35.7 Å². The highest BCUT2D eigenvalue weighted by Gasteiger charge is 2.34. The summed E-state index contributed by atoms with van der Waals surface area (Å²) in [6.45, 7) is 8.22. The molecule has 3 aromatic rings. The van der Waals surface area contributed by atoms with Crippen molar-refractivity contribution in [1.82, 2.24) is 9.97 Å². The zero-order chi connectivity index (χ0) is 21.3. The number of hydrogen-bond acceptors (Lipinski definition) is 7. The van der Waals surface area contributed by atoms with Gasteiger partial charge in [-0.1, -0.05) is 6.58 Å². The summed E-state index contributed by atoms with van der Waals surface area (Å²) in [4.78, 5) is 21.3. The van der Waals surface area contributed by atoms with E-state index >= 15 is 0 Å². The van der Waals surface area contributed by atoms with Crippen LogP contribution in [0.1, 0.15) is 28.0 Å². The predicted molar refractivity (Wildman–Crippen MR) is 111 cm³/mol. The fourth-order valence-electron chi connectivity index (χ4n) is 2.41. The van der Waals surface area contributed by atoms with Crippen LogP contribution < -0.4 is 15.8 Å². The van der Waals surface area contributed by atoms with Crippen LogP contribution in [0, 0.1) is 13.8 Å². The first-order valence-corrected chi connectivity index (χ1v) is 10.1. The number of nitrogens with zero attached hydrogens (tertiary/aromatic N) is 2. The van der Waals surface area contributed by atoms with Crippen molar-refractivity contribution in [2.24, 2.45) is 5.73 Å². The zero-order valence-corrected chi connectivity index (χ0v) is 17.5. The number of hydrogen-bond donors (Lipinski definition) is 2.